The third kappa shape index (κ3) is 3.86. The number of rotatable bonds is 6. The second-order valence-electron chi connectivity index (χ2n) is 7.09. The number of amides is 1. The maximum atomic E-state index is 12.5. The van der Waals surface area contributed by atoms with Gasteiger partial charge in [0.25, 0.3) is 11.7 Å². The molecular formula is C21H22N6O3. The third-order valence-corrected chi connectivity index (χ3v) is 4.85. The summed E-state index contributed by atoms with van der Waals surface area (Å²) in [4.78, 5) is 16.9. The highest BCUT2D eigenvalue weighted by molar-refractivity contribution is 5.94. The normalized spacial score (nSPS) is 11.1. The van der Waals surface area contributed by atoms with Crippen LogP contribution in [0.2, 0.25) is 0 Å². The van der Waals surface area contributed by atoms with E-state index in [1.54, 1.807) is 24.3 Å². The van der Waals surface area contributed by atoms with Gasteiger partial charge in [0, 0.05) is 17.0 Å². The molecule has 3 aromatic heterocycles. The number of nitrogens with zero attached hydrogens (tertiary/aromatic N) is 5. The molecule has 0 fully saturated rings. The number of ether oxygens (including phenoxy) is 1. The van der Waals surface area contributed by atoms with Gasteiger partial charge < -0.3 is 14.6 Å². The molecule has 0 atom stereocenters. The van der Waals surface area contributed by atoms with Crippen molar-refractivity contribution in [3.8, 4) is 5.75 Å². The van der Waals surface area contributed by atoms with Crippen LogP contribution < -0.4 is 10.1 Å². The first-order valence-electron chi connectivity index (χ1n) is 9.53. The summed E-state index contributed by atoms with van der Waals surface area (Å²) < 4.78 is 12.7. The van der Waals surface area contributed by atoms with Gasteiger partial charge in [-0.15, -0.1) is 10.2 Å². The average Bonchev–Trinajstić information content (AvgIpc) is 3.28. The predicted octanol–water partition coefficient (Wildman–Crippen LogP) is 2.85. The number of carbonyl (C=O) groups excluding carboxylic acids is 1. The van der Waals surface area contributed by atoms with Crippen LogP contribution in [0.25, 0.3) is 5.78 Å². The molecule has 0 aliphatic carbocycles. The summed E-state index contributed by atoms with van der Waals surface area (Å²) in [6.07, 6.45) is 0. The van der Waals surface area contributed by atoms with Crippen molar-refractivity contribution >= 4 is 11.7 Å². The number of hydrogen-bond acceptors (Lipinski definition) is 7. The second kappa shape index (κ2) is 7.94. The van der Waals surface area contributed by atoms with Crippen molar-refractivity contribution in [2.75, 3.05) is 0 Å². The molecule has 154 valence electrons. The molecule has 0 spiro atoms. The summed E-state index contributed by atoms with van der Waals surface area (Å²) in [6, 6.07) is 8.90. The molecule has 1 aromatic carbocycles. The van der Waals surface area contributed by atoms with E-state index in [0.29, 0.717) is 29.5 Å². The van der Waals surface area contributed by atoms with Crippen LogP contribution in [0.15, 0.2) is 34.9 Å². The van der Waals surface area contributed by atoms with E-state index in [4.69, 9.17) is 9.26 Å². The first-order chi connectivity index (χ1) is 14.4. The number of aryl methyl sites for hydroxylation is 4. The predicted molar refractivity (Wildman–Crippen MR) is 108 cm³/mol. The lowest BCUT2D eigenvalue weighted by Crippen LogP contribution is -2.24. The lowest BCUT2D eigenvalue weighted by atomic mass is 10.2. The van der Waals surface area contributed by atoms with E-state index in [2.05, 4.69) is 25.7 Å². The monoisotopic (exact) mass is 406 g/mol. The molecule has 9 nitrogen and oxygen atoms in total. The van der Waals surface area contributed by atoms with Crippen LogP contribution in [0.5, 0.6) is 5.75 Å². The molecule has 0 radical (unpaired) electrons. The lowest BCUT2D eigenvalue weighted by Gasteiger charge is -2.08. The van der Waals surface area contributed by atoms with Crippen LogP contribution >= 0.6 is 0 Å². The van der Waals surface area contributed by atoms with Crippen molar-refractivity contribution in [3.63, 3.8) is 0 Å². The van der Waals surface area contributed by atoms with E-state index in [9.17, 15) is 4.79 Å². The van der Waals surface area contributed by atoms with Crippen molar-refractivity contribution in [2.24, 2.45) is 0 Å². The summed E-state index contributed by atoms with van der Waals surface area (Å²) in [7, 11) is 0. The fourth-order valence-electron chi connectivity index (χ4n) is 3.24. The Kier molecular flexibility index (Phi) is 5.18. The van der Waals surface area contributed by atoms with Crippen molar-refractivity contribution in [3.05, 3.63) is 70.1 Å². The van der Waals surface area contributed by atoms with E-state index in [1.165, 1.54) is 0 Å². The largest absolute Gasteiger partial charge is 0.489 e. The molecule has 0 unspecified atom stereocenters. The van der Waals surface area contributed by atoms with Gasteiger partial charge >= 0.3 is 0 Å². The van der Waals surface area contributed by atoms with E-state index >= 15 is 0 Å². The number of hydrogen-bond donors (Lipinski definition) is 1. The summed E-state index contributed by atoms with van der Waals surface area (Å²) >= 11 is 0. The minimum atomic E-state index is -0.207. The highest BCUT2D eigenvalue weighted by atomic mass is 16.5. The highest BCUT2D eigenvalue weighted by Crippen LogP contribution is 2.18. The first kappa shape index (κ1) is 19.6. The Hall–Kier alpha value is -3.75. The minimum absolute atomic E-state index is 0.207. The van der Waals surface area contributed by atoms with Crippen molar-refractivity contribution in [1.29, 1.82) is 0 Å². The zero-order valence-corrected chi connectivity index (χ0v) is 17.3. The maximum absolute atomic E-state index is 12.5. The number of benzene rings is 1. The molecule has 0 bridgehead atoms. The lowest BCUT2D eigenvalue weighted by molar-refractivity contribution is 0.0949. The Morgan fingerprint density at radius 3 is 2.60 bits per heavy atom. The van der Waals surface area contributed by atoms with Crippen LogP contribution in [-0.4, -0.2) is 30.6 Å². The maximum Gasteiger partial charge on any atom is 0.255 e. The van der Waals surface area contributed by atoms with Gasteiger partial charge in [0.2, 0.25) is 0 Å². The zero-order valence-electron chi connectivity index (χ0n) is 17.3. The van der Waals surface area contributed by atoms with Gasteiger partial charge in [0.15, 0.2) is 5.82 Å². The molecule has 0 saturated carbocycles. The number of aromatic nitrogens is 5. The quantitative estimate of drug-likeness (QED) is 0.524. The molecule has 9 heteroatoms. The third-order valence-electron chi connectivity index (χ3n) is 4.85. The molecule has 0 aliphatic rings. The van der Waals surface area contributed by atoms with Crippen LogP contribution in [-0.2, 0) is 13.2 Å². The van der Waals surface area contributed by atoms with Gasteiger partial charge in [-0.3, -0.25) is 9.20 Å². The zero-order chi connectivity index (χ0) is 21.3. The molecule has 1 N–H and O–H groups in total. The summed E-state index contributed by atoms with van der Waals surface area (Å²) in [6.45, 7) is 8.20. The fourth-order valence-corrected chi connectivity index (χ4v) is 3.24. The number of nitrogens with one attached hydrogen (secondary N) is 1. The van der Waals surface area contributed by atoms with Gasteiger partial charge in [0.1, 0.15) is 18.1 Å². The average molecular weight is 406 g/mol. The molecule has 1 amide bonds. The molecule has 30 heavy (non-hydrogen) atoms. The van der Waals surface area contributed by atoms with Crippen molar-refractivity contribution in [1.82, 2.24) is 30.1 Å². The van der Waals surface area contributed by atoms with Crippen molar-refractivity contribution < 1.29 is 14.1 Å². The molecule has 3 heterocycles. The summed E-state index contributed by atoms with van der Waals surface area (Å²) in [5, 5.41) is 15.0. The van der Waals surface area contributed by atoms with Gasteiger partial charge in [-0.25, -0.2) is 4.98 Å². The summed E-state index contributed by atoms with van der Waals surface area (Å²) in [5.74, 6) is 2.35. The Morgan fingerprint density at radius 1 is 1.13 bits per heavy atom. The van der Waals surface area contributed by atoms with E-state index in [1.807, 2.05) is 38.2 Å². The van der Waals surface area contributed by atoms with Gasteiger partial charge in [-0.05, 0) is 58.0 Å². The Labute approximate surface area is 173 Å². The molecule has 0 aliphatic heterocycles. The Morgan fingerprint density at radius 2 is 1.90 bits per heavy atom. The number of fused-ring (bicyclic) bond motifs is 1. The van der Waals surface area contributed by atoms with Crippen LogP contribution in [0.4, 0.5) is 0 Å². The SMILES string of the molecule is Cc1cc(C)n2c(CNC(=O)c3ccc(OCc4c(C)noc4C)cc3)nnc2n1. The smallest absolute Gasteiger partial charge is 0.255 e. The second-order valence-corrected chi connectivity index (χ2v) is 7.09. The Bertz CT molecular complexity index is 1190. The molecule has 0 saturated heterocycles. The Balaban J connectivity index is 1.38. The molecule has 4 rings (SSSR count). The standard InChI is InChI=1S/C21H22N6O3/c1-12-9-13(2)27-19(24-25-21(27)23-12)10-22-20(28)16-5-7-17(8-6-16)29-11-18-14(3)26-30-15(18)4/h5-9H,10-11H2,1-4H3,(H,22,28). The van der Waals surface area contributed by atoms with Crippen LogP contribution in [0.1, 0.15) is 44.6 Å². The van der Waals surface area contributed by atoms with Gasteiger partial charge in [0.05, 0.1) is 17.8 Å². The molecular weight excluding hydrogens is 384 g/mol. The van der Waals surface area contributed by atoms with E-state index in [0.717, 1.165) is 28.4 Å². The van der Waals surface area contributed by atoms with E-state index in [-0.39, 0.29) is 12.5 Å². The van der Waals surface area contributed by atoms with E-state index < -0.39 is 0 Å². The summed E-state index contributed by atoms with van der Waals surface area (Å²) in [5.41, 5.74) is 4.10. The van der Waals surface area contributed by atoms with Crippen molar-refractivity contribution in [2.45, 2.75) is 40.8 Å². The first-order valence-corrected chi connectivity index (χ1v) is 9.53. The fraction of sp³-hybridized carbons (Fsp3) is 0.286. The highest BCUT2D eigenvalue weighted by Gasteiger charge is 2.13. The van der Waals surface area contributed by atoms with Crippen LogP contribution in [0, 0.1) is 27.7 Å². The topological polar surface area (TPSA) is 107 Å². The van der Waals surface area contributed by atoms with Gasteiger partial charge in [-0.2, -0.15) is 0 Å². The number of carbonyl (C=O) groups is 1. The van der Waals surface area contributed by atoms with Gasteiger partial charge in [-0.1, -0.05) is 5.16 Å². The van der Waals surface area contributed by atoms with Crippen LogP contribution in [0.3, 0.4) is 0 Å². The molecule has 4 aromatic rings. The minimum Gasteiger partial charge on any atom is -0.489 e.